The molecule has 0 spiro atoms. The molecule has 16 heavy (non-hydrogen) atoms. The molecule has 0 radical (unpaired) electrons. The molecule has 0 saturated heterocycles. The van der Waals surface area contributed by atoms with E-state index in [2.05, 4.69) is 6.58 Å². The zero-order chi connectivity index (χ0) is 12.1. The van der Waals surface area contributed by atoms with E-state index >= 15 is 0 Å². The van der Waals surface area contributed by atoms with Gasteiger partial charge in [-0.05, 0) is 13.8 Å². The van der Waals surface area contributed by atoms with Gasteiger partial charge in [-0.15, -0.1) is 0 Å². The van der Waals surface area contributed by atoms with Gasteiger partial charge in [-0.1, -0.05) is 12.2 Å². The molecule has 0 bridgehead atoms. The van der Waals surface area contributed by atoms with Crippen LogP contribution in [0.4, 0.5) is 0 Å². The standard InChI is InChI=1S/C12H22O4/c1-4-15-5-6-16-12-10(14)7-9(13)11(12)8(2)3/h9-14H,2,4-7H2,1,3H3. The Morgan fingerprint density at radius 2 is 2.00 bits per heavy atom. The number of ether oxygens (including phenoxy) is 2. The molecule has 0 aromatic heterocycles. The van der Waals surface area contributed by atoms with Crippen LogP contribution < -0.4 is 0 Å². The van der Waals surface area contributed by atoms with Gasteiger partial charge in [-0.25, -0.2) is 0 Å². The lowest BCUT2D eigenvalue weighted by Gasteiger charge is -2.24. The van der Waals surface area contributed by atoms with E-state index in [1.54, 1.807) is 0 Å². The van der Waals surface area contributed by atoms with E-state index in [1.165, 1.54) is 0 Å². The van der Waals surface area contributed by atoms with Crippen LogP contribution in [0.15, 0.2) is 12.2 Å². The summed E-state index contributed by atoms with van der Waals surface area (Å²) in [5.74, 6) is -0.170. The zero-order valence-corrected chi connectivity index (χ0v) is 10.1. The van der Waals surface area contributed by atoms with Crippen molar-refractivity contribution in [1.82, 2.24) is 0 Å². The van der Waals surface area contributed by atoms with Gasteiger partial charge < -0.3 is 19.7 Å². The average Bonchev–Trinajstić information content (AvgIpc) is 2.48. The summed E-state index contributed by atoms with van der Waals surface area (Å²) in [6.07, 6.45) is -1.16. The Balaban J connectivity index is 2.45. The lowest BCUT2D eigenvalue weighted by molar-refractivity contribution is -0.0556. The Hall–Kier alpha value is -0.420. The Morgan fingerprint density at radius 3 is 2.56 bits per heavy atom. The highest BCUT2D eigenvalue weighted by atomic mass is 16.5. The van der Waals surface area contributed by atoms with Crippen LogP contribution in [-0.4, -0.2) is 48.3 Å². The Labute approximate surface area is 96.9 Å². The molecule has 1 aliphatic rings. The number of aliphatic hydroxyl groups is 2. The van der Waals surface area contributed by atoms with Crippen molar-refractivity contribution < 1.29 is 19.7 Å². The topological polar surface area (TPSA) is 58.9 Å². The fourth-order valence-corrected chi connectivity index (χ4v) is 2.20. The first-order chi connectivity index (χ1) is 7.57. The van der Waals surface area contributed by atoms with Crippen molar-refractivity contribution in [3.05, 3.63) is 12.2 Å². The molecule has 0 aliphatic heterocycles. The molecule has 1 aliphatic carbocycles. The lowest BCUT2D eigenvalue weighted by Crippen LogP contribution is -2.32. The van der Waals surface area contributed by atoms with E-state index in [1.807, 2.05) is 13.8 Å². The monoisotopic (exact) mass is 230 g/mol. The van der Waals surface area contributed by atoms with Crippen LogP contribution in [-0.2, 0) is 9.47 Å². The van der Waals surface area contributed by atoms with Crippen LogP contribution in [0.25, 0.3) is 0 Å². The second-order valence-corrected chi connectivity index (χ2v) is 4.27. The Bertz CT molecular complexity index is 229. The van der Waals surface area contributed by atoms with Gasteiger partial charge >= 0.3 is 0 Å². The summed E-state index contributed by atoms with van der Waals surface area (Å²) in [6.45, 7) is 9.21. The van der Waals surface area contributed by atoms with Crippen LogP contribution in [0.2, 0.25) is 0 Å². The first-order valence-electron chi connectivity index (χ1n) is 5.78. The van der Waals surface area contributed by atoms with E-state index in [-0.39, 0.29) is 12.0 Å². The normalized spacial score (nSPS) is 34.2. The molecule has 0 aromatic rings. The van der Waals surface area contributed by atoms with Gasteiger partial charge in [0.2, 0.25) is 0 Å². The molecule has 4 heteroatoms. The number of hydrogen-bond acceptors (Lipinski definition) is 4. The number of hydrogen-bond donors (Lipinski definition) is 2. The Morgan fingerprint density at radius 1 is 1.31 bits per heavy atom. The van der Waals surface area contributed by atoms with Gasteiger partial charge in [0.05, 0.1) is 31.5 Å². The first kappa shape index (κ1) is 13.6. The molecule has 1 fully saturated rings. The van der Waals surface area contributed by atoms with Gasteiger partial charge in [0, 0.05) is 18.9 Å². The predicted molar refractivity (Wildman–Crippen MR) is 61.2 cm³/mol. The van der Waals surface area contributed by atoms with Crippen LogP contribution in [0.1, 0.15) is 20.3 Å². The quantitative estimate of drug-likeness (QED) is 0.521. The lowest BCUT2D eigenvalue weighted by atomic mass is 9.96. The first-order valence-corrected chi connectivity index (χ1v) is 5.78. The fourth-order valence-electron chi connectivity index (χ4n) is 2.20. The summed E-state index contributed by atoms with van der Waals surface area (Å²) in [7, 11) is 0. The maximum Gasteiger partial charge on any atom is 0.0925 e. The molecule has 4 nitrogen and oxygen atoms in total. The molecule has 94 valence electrons. The maximum absolute atomic E-state index is 9.77. The third-order valence-corrected chi connectivity index (χ3v) is 2.94. The summed E-state index contributed by atoms with van der Waals surface area (Å²) >= 11 is 0. The second-order valence-electron chi connectivity index (χ2n) is 4.27. The predicted octanol–water partition coefficient (Wildman–Crippen LogP) is 0.726. The second kappa shape index (κ2) is 6.35. The molecule has 0 heterocycles. The molecule has 1 saturated carbocycles. The van der Waals surface area contributed by atoms with Gasteiger partial charge in [0.15, 0.2) is 0 Å². The third-order valence-electron chi connectivity index (χ3n) is 2.94. The van der Waals surface area contributed by atoms with Crippen molar-refractivity contribution in [3.63, 3.8) is 0 Å². The molecule has 4 atom stereocenters. The summed E-state index contributed by atoms with van der Waals surface area (Å²) in [4.78, 5) is 0. The van der Waals surface area contributed by atoms with Crippen LogP contribution in [0.3, 0.4) is 0 Å². The molecule has 2 N–H and O–H groups in total. The summed E-state index contributed by atoms with van der Waals surface area (Å²) < 4.78 is 10.7. The van der Waals surface area contributed by atoms with Gasteiger partial charge in [0.1, 0.15) is 0 Å². The van der Waals surface area contributed by atoms with Crippen molar-refractivity contribution >= 4 is 0 Å². The largest absolute Gasteiger partial charge is 0.392 e. The number of rotatable bonds is 6. The maximum atomic E-state index is 9.77. The van der Waals surface area contributed by atoms with Crippen LogP contribution in [0, 0.1) is 5.92 Å². The van der Waals surface area contributed by atoms with E-state index in [0.29, 0.717) is 26.2 Å². The minimum absolute atomic E-state index is 0.170. The summed E-state index contributed by atoms with van der Waals surface area (Å²) in [6, 6.07) is 0. The highest BCUT2D eigenvalue weighted by Crippen LogP contribution is 2.33. The van der Waals surface area contributed by atoms with Gasteiger partial charge in [-0.3, -0.25) is 0 Å². The van der Waals surface area contributed by atoms with E-state index in [0.717, 1.165) is 5.57 Å². The summed E-state index contributed by atoms with van der Waals surface area (Å²) in [5.41, 5.74) is 0.852. The van der Waals surface area contributed by atoms with Crippen molar-refractivity contribution in [1.29, 1.82) is 0 Å². The molecule has 0 amide bonds. The van der Waals surface area contributed by atoms with Gasteiger partial charge in [-0.2, -0.15) is 0 Å². The molecule has 4 unspecified atom stereocenters. The van der Waals surface area contributed by atoms with Crippen molar-refractivity contribution in [2.45, 2.75) is 38.6 Å². The van der Waals surface area contributed by atoms with E-state index in [4.69, 9.17) is 9.47 Å². The highest BCUT2D eigenvalue weighted by molar-refractivity contribution is 5.09. The fraction of sp³-hybridized carbons (Fsp3) is 0.833. The van der Waals surface area contributed by atoms with Gasteiger partial charge in [0.25, 0.3) is 0 Å². The molecular weight excluding hydrogens is 208 g/mol. The number of aliphatic hydroxyl groups excluding tert-OH is 2. The smallest absolute Gasteiger partial charge is 0.0925 e. The Kier molecular flexibility index (Phi) is 5.41. The molecule has 1 rings (SSSR count). The van der Waals surface area contributed by atoms with E-state index < -0.39 is 12.2 Å². The van der Waals surface area contributed by atoms with Crippen molar-refractivity contribution in [2.24, 2.45) is 5.92 Å². The average molecular weight is 230 g/mol. The summed E-state index contributed by atoms with van der Waals surface area (Å²) in [5, 5.41) is 19.5. The molecular formula is C12H22O4. The SMILES string of the molecule is C=C(C)C1C(O)CC(O)C1OCCOCC. The molecule has 0 aromatic carbocycles. The van der Waals surface area contributed by atoms with Crippen molar-refractivity contribution in [2.75, 3.05) is 19.8 Å². The third kappa shape index (κ3) is 3.28. The minimum Gasteiger partial charge on any atom is -0.392 e. The highest BCUT2D eigenvalue weighted by Gasteiger charge is 2.42. The van der Waals surface area contributed by atoms with Crippen LogP contribution in [0.5, 0.6) is 0 Å². The van der Waals surface area contributed by atoms with E-state index in [9.17, 15) is 10.2 Å². The zero-order valence-electron chi connectivity index (χ0n) is 10.1. The van der Waals surface area contributed by atoms with Crippen LogP contribution >= 0.6 is 0 Å². The van der Waals surface area contributed by atoms with Crippen molar-refractivity contribution in [3.8, 4) is 0 Å². The minimum atomic E-state index is -0.613.